The highest BCUT2D eigenvalue weighted by Crippen LogP contribution is 2.45. The molecule has 2 aromatic carbocycles. The van der Waals surface area contributed by atoms with Crippen LogP contribution in [0.5, 0.6) is 0 Å². The molecule has 5 rings (SSSR count). The van der Waals surface area contributed by atoms with E-state index in [0.29, 0.717) is 23.0 Å². The highest BCUT2D eigenvalue weighted by molar-refractivity contribution is 6.02. The van der Waals surface area contributed by atoms with Crippen LogP contribution in [-0.2, 0) is 0 Å². The number of nitrogens with zero attached hydrogens (tertiary/aromatic N) is 4. The van der Waals surface area contributed by atoms with Gasteiger partial charge in [-0.1, -0.05) is 36.4 Å². The van der Waals surface area contributed by atoms with E-state index in [2.05, 4.69) is 60.3 Å². The Morgan fingerprint density at radius 2 is 2.03 bits per heavy atom. The number of allylic oxidation sites excluding steroid dienone is 2. The monoisotopic (exact) mass is 412 g/mol. The van der Waals surface area contributed by atoms with Crippen molar-refractivity contribution in [2.75, 3.05) is 32.1 Å². The van der Waals surface area contributed by atoms with E-state index in [4.69, 9.17) is 9.40 Å². The minimum Gasteiger partial charge on any atom is -0.434 e. The van der Waals surface area contributed by atoms with Gasteiger partial charge < -0.3 is 14.2 Å². The maximum Gasteiger partial charge on any atom is 0.223 e. The van der Waals surface area contributed by atoms with Crippen LogP contribution in [-0.4, -0.2) is 43.1 Å². The Balaban J connectivity index is 1.79. The molecule has 1 atom stereocenters. The summed E-state index contributed by atoms with van der Waals surface area (Å²) < 4.78 is 6.47. The SMILES string of the molecule is Cc1c(-c2ccccc2)c(N2CC[C@H](N(C)C)C2)c2oc(C3=CCCC3)nc2c1C#N. The van der Waals surface area contributed by atoms with Gasteiger partial charge >= 0.3 is 0 Å². The summed E-state index contributed by atoms with van der Waals surface area (Å²) in [5.74, 6) is 0.679. The second-order valence-electron chi connectivity index (χ2n) is 8.87. The fourth-order valence-electron chi connectivity index (χ4n) is 5.01. The van der Waals surface area contributed by atoms with Crippen LogP contribution >= 0.6 is 0 Å². The van der Waals surface area contributed by atoms with Gasteiger partial charge in [-0.15, -0.1) is 0 Å². The third kappa shape index (κ3) is 3.32. The molecule has 158 valence electrons. The van der Waals surface area contributed by atoms with Crippen molar-refractivity contribution in [3.05, 3.63) is 53.4 Å². The summed E-state index contributed by atoms with van der Waals surface area (Å²) in [5.41, 5.74) is 7.50. The van der Waals surface area contributed by atoms with Crippen LogP contribution in [0.3, 0.4) is 0 Å². The molecule has 3 aromatic rings. The van der Waals surface area contributed by atoms with Gasteiger partial charge in [-0.2, -0.15) is 5.26 Å². The van der Waals surface area contributed by atoms with Crippen LogP contribution in [0.25, 0.3) is 27.8 Å². The van der Waals surface area contributed by atoms with Crippen molar-refractivity contribution in [3.63, 3.8) is 0 Å². The van der Waals surface area contributed by atoms with Crippen LogP contribution in [0.15, 0.2) is 40.8 Å². The first-order valence-corrected chi connectivity index (χ1v) is 11.1. The maximum absolute atomic E-state index is 10.1. The third-order valence-corrected chi connectivity index (χ3v) is 6.77. The minimum atomic E-state index is 0.495. The second kappa shape index (κ2) is 7.86. The Morgan fingerprint density at radius 3 is 2.68 bits per heavy atom. The predicted molar refractivity (Wildman–Crippen MR) is 125 cm³/mol. The van der Waals surface area contributed by atoms with Crippen LogP contribution in [0.1, 0.15) is 42.7 Å². The molecule has 1 aromatic heterocycles. The van der Waals surface area contributed by atoms with Crippen molar-refractivity contribution in [3.8, 4) is 17.2 Å². The number of benzene rings is 2. The lowest BCUT2D eigenvalue weighted by atomic mass is 9.93. The molecule has 5 heteroatoms. The molecule has 1 fully saturated rings. The van der Waals surface area contributed by atoms with Crippen molar-refractivity contribution in [2.24, 2.45) is 0 Å². The quantitative estimate of drug-likeness (QED) is 0.576. The Morgan fingerprint density at radius 1 is 1.23 bits per heavy atom. The average Bonchev–Trinajstić information content (AvgIpc) is 3.53. The molecule has 1 saturated heterocycles. The smallest absolute Gasteiger partial charge is 0.223 e. The lowest BCUT2D eigenvalue weighted by Gasteiger charge is -2.25. The summed E-state index contributed by atoms with van der Waals surface area (Å²) in [5, 5.41) is 10.1. The summed E-state index contributed by atoms with van der Waals surface area (Å²) in [6.45, 7) is 3.94. The van der Waals surface area contributed by atoms with Crippen LogP contribution in [0.2, 0.25) is 0 Å². The molecule has 0 saturated carbocycles. The number of hydrogen-bond donors (Lipinski definition) is 0. The van der Waals surface area contributed by atoms with Gasteiger partial charge in [0.2, 0.25) is 5.89 Å². The number of anilines is 1. The Hall–Kier alpha value is -3.10. The Kier molecular flexibility index (Phi) is 5.03. The highest BCUT2D eigenvalue weighted by atomic mass is 16.3. The molecule has 0 bridgehead atoms. The van der Waals surface area contributed by atoms with Gasteiger partial charge in [-0.3, -0.25) is 0 Å². The zero-order chi connectivity index (χ0) is 21.5. The normalized spacial score (nSPS) is 18.7. The van der Waals surface area contributed by atoms with Gasteiger partial charge in [0.25, 0.3) is 0 Å². The van der Waals surface area contributed by atoms with Crippen molar-refractivity contribution < 1.29 is 4.42 Å². The largest absolute Gasteiger partial charge is 0.434 e. The predicted octanol–water partition coefficient (Wildman–Crippen LogP) is 5.38. The van der Waals surface area contributed by atoms with Gasteiger partial charge in [0.1, 0.15) is 11.6 Å². The number of likely N-dealkylation sites (N-methyl/N-ethyl adjacent to an activating group) is 1. The lowest BCUT2D eigenvalue weighted by molar-refractivity contribution is 0.315. The van der Waals surface area contributed by atoms with E-state index in [1.807, 2.05) is 13.0 Å². The zero-order valence-electron chi connectivity index (χ0n) is 18.5. The van der Waals surface area contributed by atoms with E-state index in [1.165, 1.54) is 0 Å². The van der Waals surface area contributed by atoms with Crippen LogP contribution < -0.4 is 4.90 Å². The second-order valence-corrected chi connectivity index (χ2v) is 8.87. The molecule has 2 aliphatic rings. The van der Waals surface area contributed by atoms with E-state index in [1.54, 1.807) is 0 Å². The van der Waals surface area contributed by atoms with Gasteiger partial charge in [0.05, 0.1) is 11.3 Å². The van der Waals surface area contributed by atoms with Gasteiger partial charge in [0.15, 0.2) is 5.58 Å². The summed E-state index contributed by atoms with van der Waals surface area (Å²) in [7, 11) is 4.29. The van der Waals surface area contributed by atoms with Crippen molar-refractivity contribution in [2.45, 2.75) is 38.6 Å². The van der Waals surface area contributed by atoms with Crippen LogP contribution in [0, 0.1) is 18.3 Å². The molecule has 0 N–H and O–H groups in total. The molecule has 0 amide bonds. The third-order valence-electron chi connectivity index (χ3n) is 6.77. The lowest BCUT2D eigenvalue weighted by Crippen LogP contribution is -2.31. The van der Waals surface area contributed by atoms with Crippen molar-refractivity contribution >= 4 is 22.4 Å². The first-order chi connectivity index (χ1) is 15.1. The topological polar surface area (TPSA) is 56.3 Å². The molecule has 31 heavy (non-hydrogen) atoms. The summed E-state index contributed by atoms with van der Waals surface area (Å²) in [4.78, 5) is 9.58. The summed E-state index contributed by atoms with van der Waals surface area (Å²) >= 11 is 0. The molecule has 0 unspecified atom stereocenters. The Labute approximate surface area is 183 Å². The van der Waals surface area contributed by atoms with E-state index >= 15 is 0 Å². The van der Waals surface area contributed by atoms with E-state index in [-0.39, 0.29) is 0 Å². The molecular formula is C26H28N4O. The summed E-state index contributed by atoms with van der Waals surface area (Å²) in [6, 6.07) is 13.3. The molecule has 1 aliphatic heterocycles. The summed E-state index contributed by atoms with van der Waals surface area (Å²) in [6.07, 6.45) is 6.52. The Bertz CT molecular complexity index is 1200. The molecular weight excluding hydrogens is 384 g/mol. The fraction of sp³-hybridized carbons (Fsp3) is 0.385. The van der Waals surface area contributed by atoms with Gasteiger partial charge in [0, 0.05) is 30.3 Å². The highest BCUT2D eigenvalue weighted by Gasteiger charge is 2.32. The van der Waals surface area contributed by atoms with Crippen molar-refractivity contribution in [1.29, 1.82) is 5.26 Å². The number of aromatic nitrogens is 1. The zero-order valence-corrected chi connectivity index (χ0v) is 18.5. The number of rotatable bonds is 4. The number of nitriles is 1. The maximum atomic E-state index is 10.1. The fourth-order valence-corrected chi connectivity index (χ4v) is 5.01. The molecule has 0 spiro atoms. The van der Waals surface area contributed by atoms with E-state index in [9.17, 15) is 5.26 Å². The molecule has 2 heterocycles. The first kappa shape index (κ1) is 19.8. The first-order valence-electron chi connectivity index (χ1n) is 11.1. The minimum absolute atomic E-state index is 0.495. The van der Waals surface area contributed by atoms with Gasteiger partial charge in [-0.25, -0.2) is 4.98 Å². The standard InChI is InChI=1S/C26H28N4O/c1-17-21(15-27)23-25(31-26(28-23)19-11-7-8-12-19)24(22(17)18-9-5-4-6-10-18)30-14-13-20(16-30)29(2)3/h4-6,9-11,20H,7-8,12-14,16H2,1-3H3/t20-/m0/s1. The van der Waals surface area contributed by atoms with Crippen molar-refractivity contribution in [1.82, 2.24) is 9.88 Å². The average molecular weight is 413 g/mol. The molecule has 0 radical (unpaired) electrons. The van der Waals surface area contributed by atoms with Crippen LogP contribution in [0.4, 0.5) is 5.69 Å². The van der Waals surface area contributed by atoms with E-state index in [0.717, 1.165) is 72.3 Å². The number of fused-ring (bicyclic) bond motifs is 1. The van der Waals surface area contributed by atoms with E-state index < -0.39 is 0 Å². The molecule has 1 aliphatic carbocycles. The number of hydrogen-bond acceptors (Lipinski definition) is 5. The molecule has 5 nitrogen and oxygen atoms in total. The number of oxazole rings is 1. The van der Waals surface area contributed by atoms with Gasteiger partial charge in [-0.05, 0) is 57.8 Å².